The fourth-order valence-electron chi connectivity index (χ4n) is 2.27. The van der Waals surface area contributed by atoms with Gasteiger partial charge in [-0.2, -0.15) is 0 Å². The van der Waals surface area contributed by atoms with Gasteiger partial charge in [0, 0.05) is 25.2 Å². The lowest BCUT2D eigenvalue weighted by atomic mass is 9.78. The maximum absolute atomic E-state index is 11.7. The van der Waals surface area contributed by atoms with Gasteiger partial charge in [0.15, 0.2) is 0 Å². The van der Waals surface area contributed by atoms with Crippen molar-refractivity contribution in [1.29, 1.82) is 0 Å². The minimum absolute atomic E-state index is 0.0754. The lowest BCUT2D eigenvalue weighted by molar-refractivity contribution is 0.175. The molecule has 0 atom stereocenters. The van der Waals surface area contributed by atoms with Crippen molar-refractivity contribution >= 4 is 6.03 Å². The number of carbonyl (C=O) groups is 1. The van der Waals surface area contributed by atoms with E-state index in [4.69, 9.17) is 5.73 Å². The second-order valence-corrected chi connectivity index (χ2v) is 4.92. The average Bonchev–Trinajstić information content (AvgIpc) is 2.24. The largest absolute Gasteiger partial charge is 0.336 e. The lowest BCUT2D eigenvalue weighted by Gasteiger charge is -2.39. The van der Waals surface area contributed by atoms with Crippen LogP contribution in [0.2, 0.25) is 0 Å². The summed E-state index contributed by atoms with van der Waals surface area (Å²) in [5.74, 6) is 0. The smallest absolute Gasteiger partial charge is 0.317 e. The molecule has 0 aromatic heterocycles. The van der Waals surface area contributed by atoms with E-state index in [1.807, 2.05) is 4.90 Å². The van der Waals surface area contributed by atoms with Crippen molar-refractivity contribution in [3.63, 3.8) is 0 Å². The van der Waals surface area contributed by atoms with Gasteiger partial charge in [0.25, 0.3) is 0 Å². The molecule has 0 aromatic rings. The van der Waals surface area contributed by atoms with E-state index in [-0.39, 0.29) is 11.6 Å². The van der Waals surface area contributed by atoms with Crippen molar-refractivity contribution in [1.82, 2.24) is 10.2 Å². The lowest BCUT2D eigenvalue weighted by Crippen LogP contribution is -2.56. The summed E-state index contributed by atoms with van der Waals surface area (Å²) in [6.45, 7) is 2.45. The molecule has 0 radical (unpaired) electrons. The number of carbonyl (C=O) groups excluding carboxylic acids is 1. The van der Waals surface area contributed by atoms with Crippen LogP contribution in [0.5, 0.6) is 0 Å². The van der Waals surface area contributed by atoms with Crippen molar-refractivity contribution in [2.24, 2.45) is 5.73 Å². The molecule has 1 saturated carbocycles. The summed E-state index contributed by atoms with van der Waals surface area (Å²) in [6.07, 6.45) is 6.84. The van der Waals surface area contributed by atoms with Crippen LogP contribution in [0.3, 0.4) is 0 Å². The molecule has 4 heteroatoms. The second-order valence-electron chi connectivity index (χ2n) is 4.92. The zero-order valence-electron chi connectivity index (χ0n) is 9.30. The first-order valence-corrected chi connectivity index (χ1v) is 6.01. The fraction of sp³-hybridized carbons (Fsp3) is 0.909. The van der Waals surface area contributed by atoms with Gasteiger partial charge in [-0.15, -0.1) is 0 Å². The highest BCUT2D eigenvalue weighted by Crippen LogP contribution is 2.28. The Labute approximate surface area is 91.2 Å². The minimum atomic E-state index is -0.106. The van der Waals surface area contributed by atoms with Crippen LogP contribution < -0.4 is 11.1 Å². The number of hydrogen-bond donors (Lipinski definition) is 2. The van der Waals surface area contributed by atoms with Crippen LogP contribution in [0, 0.1) is 0 Å². The molecular formula is C11H21N3O. The van der Waals surface area contributed by atoms with Crippen LogP contribution in [-0.2, 0) is 0 Å². The molecule has 1 aliphatic carbocycles. The number of nitrogens with two attached hydrogens (primary N) is 1. The maximum Gasteiger partial charge on any atom is 0.317 e. The van der Waals surface area contributed by atoms with E-state index in [0.717, 1.165) is 38.8 Å². The van der Waals surface area contributed by atoms with Crippen molar-refractivity contribution in [2.75, 3.05) is 19.6 Å². The highest BCUT2D eigenvalue weighted by atomic mass is 16.2. The third kappa shape index (κ3) is 2.62. The SMILES string of the molecule is NC1(CNC(=O)N2CCCCC2)CCC1. The molecule has 2 rings (SSSR count). The summed E-state index contributed by atoms with van der Waals surface area (Å²) in [7, 11) is 0. The van der Waals surface area contributed by atoms with Crippen LogP contribution in [-0.4, -0.2) is 36.1 Å². The van der Waals surface area contributed by atoms with E-state index in [1.54, 1.807) is 0 Å². The van der Waals surface area contributed by atoms with Gasteiger partial charge in [0.2, 0.25) is 0 Å². The molecule has 2 fully saturated rings. The summed E-state index contributed by atoms with van der Waals surface area (Å²) < 4.78 is 0. The summed E-state index contributed by atoms with van der Waals surface area (Å²) in [6, 6.07) is 0.0754. The first kappa shape index (κ1) is 10.7. The molecule has 0 aromatic carbocycles. The summed E-state index contributed by atoms with van der Waals surface area (Å²) >= 11 is 0. The standard InChI is InChI=1S/C11H21N3O/c12-11(5-4-6-11)9-13-10(15)14-7-2-1-3-8-14/h1-9,12H2,(H,13,15). The maximum atomic E-state index is 11.7. The third-order valence-electron chi connectivity index (χ3n) is 3.58. The number of urea groups is 1. The number of nitrogens with one attached hydrogen (secondary N) is 1. The molecule has 1 aliphatic heterocycles. The Morgan fingerprint density at radius 3 is 2.40 bits per heavy atom. The molecule has 2 aliphatic rings. The predicted molar refractivity (Wildman–Crippen MR) is 59.6 cm³/mol. The van der Waals surface area contributed by atoms with Crippen molar-refractivity contribution in [3.8, 4) is 0 Å². The van der Waals surface area contributed by atoms with Crippen LogP contribution in [0.15, 0.2) is 0 Å². The molecule has 0 unspecified atom stereocenters. The fourth-order valence-corrected chi connectivity index (χ4v) is 2.27. The second kappa shape index (κ2) is 4.39. The van der Waals surface area contributed by atoms with E-state index in [1.165, 1.54) is 12.8 Å². The van der Waals surface area contributed by atoms with Gasteiger partial charge in [-0.05, 0) is 38.5 Å². The minimum Gasteiger partial charge on any atom is -0.336 e. The first-order valence-electron chi connectivity index (χ1n) is 6.01. The number of hydrogen-bond acceptors (Lipinski definition) is 2. The van der Waals surface area contributed by atoms with Crippen LogP contribution in [0.4, 0.5) is 4.79 Å². The number of amides is 2. The average molecular weight is 211 g/mol. The molecule has 3 N–H and O–H groups in total. The highest BCUT2D eigenvalue weighted by Gasteiger charge is 2.33. The zero-order chi connectivity index (χ0) is 10.7. The van der Waals surface area contributed by atoms with Gasteiger partial charge < -0.3 is 16.0 Å². The van der Waals surface area contributed by atoms with Crippen LogP contribution in [0.1, 0.15) is 38.5 Å². The van der Waals surface area contributed by atoms with E-state index in [2.05, 4.69) is 5.32 Å². The summed E-state index contributed by atoms with van der Waals surface area (Å²) in [5.41, 5.74) is 5.94. The van der Waals surface area contributed by atoms with Gasteiger partial charge >= 0.3 is 6.03 Å². The molecule has 1 saturated heterocycles. The number of rotatable bonds is 2. The van der Waals surface area contributed by atoms with Crippen molar-refractivity contribution < 1.29 is 4.79 Å². The monoisotopic (exact) mass is 211 g/mol. The Morgan fingerprint density at radius 2 is 1.87 bits per heavy atom. The van der Waals surface area contributed by atoms with E-state index < -0.39 is 0 Å². The Kier molecular flexibility index (Phi) is 3.14. The summed E-state index contributed by atoms with van der Waals surface area (Å²) in [5, 5.41) is 2.96. The molecule has 0 spiro atoms. The van der Waals surface area contributed by atoms with Crippen LogP contribution >= 0.6 is 0 Å². The van der Waals surface area contributed by atoms with E-state index >= 15 is 0 Å². The molecule has 0 bridgehead atoms. The third-order valence-corrected chi connectivity index (χ3v) is 3.58. The van der Waals surface area contributed by atoms with E-state index in [0.29, 0.717) is 6.54 Å². The summed E-state index contributed by atoms with van der Waals surface area (Å²) in [4.78, 5) is 13.7. The van der Waals surface area contributed by atoms with E-state index in [9.17, 15) is 4.79 Å². The predicted octanol–water partition coefficient (Wildman–Crippen LogP) is 1.06. The van der Waals surface area contributed by atoms with Gasteiger partial charge in [0.1, 0.15) is 0 Å². The molecule has 1 heterocycles. The Morgan fingerprint density at radius 1 is 1.20 bits per heavy atom. The Hall–Kier alpha value is -0.770. The number of nitrogens with zero attached hydrogens (tertiary/aromatic N) is 1. The van der Waals surface area contributed by atoms with Gasteiger partial charge in [-0.1, -0.05) is 0 Å². The number of piperidine rings is 1. The van der Waals surface area contributed by atoms with Gasteiger partial charge in [0.05, 0.1) is 0 Å². The first-order chi connectivity index (χ1) is 7.20. The molecular weight excluding hydrogens is 190 g/mol. The normalized spacial score (nSPS) is 24.5. The Balaban J connectivity index is 1.71. The van der Waals surface area contributed by atoms with Gasteiger partial charge in [-0.25, -0.2) is 4.79 Å². The Bertz CT molecular complexity index is 232. The van der Waals surface area contributed by atoms with Crippen molar-refractivity contribution in [3.05, 3.63) is 0 Å². The highest BCUT2D eigenvalue weighted by molar-refractivity contribution is 5.74. The molecule has 4 nitrogen and oxygen atoms in total. The molecule has 15 heavy (non-hydrogen) atoms. The molecule has 86 valence electrons. The topological polar surface area (TPSA) is 58.4 Å². The number of likely N-dealkylation sites (tertiary alicyclic amines) is 1. The van der Waals surface area contributed by atoms with Crippen LogP contribution in [0.25, 0.3) is 0 Å². The molecule has 2 amide bonds. The zero-order valence-corrected chi connectivity index (χ0v) is 9.30. The van der Waals surface area contributed by atoms with Gasteiger partial charge in [-0.3, -0.25) is 0 Å². The van der Waals surface area contributed by atoms with Crippen molar-refractivity contribution in [2.45, 2.75) is 44.1 Å². The quantitative estimate of drug-likeness (QED) is 0.717.